The molecule has 0 aliphatic carbocycles. The summed E-state index contributed by atoms with van der Waals surface area (Å²) in [5.74, 6) is -3.24. The van der Waals surface area contributed by atoms with Crippen LogP contribution in [0.1, 0.15) is 27.7 Å². The van der Waals surface area contributed by atoms with E-state index in [0.29, 0.717) is 0 Å². The highest BCUT2D eigenvalue weighted by Crippen LogP contribution is 2.28. The Bertz CT molecular complexity index is 273. The molecule has 0 aromatic rings. The summed E-state index contributed by atoms with van der Waals surface area (Å²) < 4.78 is 36.8. The molecule has 0 aromatic carbocycles. The van der Waals surface area contributed by atoms with Gasteiger partial charge < -0.3 is 5.32 Å². The molecule has 0 saturated heterocycles. The minimum Gasteiger partial charge on any atom is -0.343 e. The highest BCUT2D eigenvalue weighted by molar-refractivity contribution is 5.96. The molecular weight excluding hydrogens is 211 g/mol. The minimum atomic E-state index is -4.94. The van der Waals surface area contributed by atoms with Crippen molar-refractivity contribution in [2.45, 2.75) is 39.4 Å². The van der Waals surface area contributed by atoms with Gasteiger partial charge in [-0.15, -0.1) is 0 Å². The number of rotatable bonds is 3. The Hall–Kier alpha value is -1.07. The zero-order valence-electron chi connectivity index (χ0n) is 9.03. The molecule has 0 fully saturated rings. The molecule has 0 aliphatic rings. The fourth-order valence-corrected chi connectivity index (χ4v) is 1.12. The number of hydrogen-bond donors (Lipinski definition) is 1. The first kappa shape index (κ1) is 13.9. The standard InChI is InChI=1S/C9H14F3NO2/c1-5(2)8(4,13-6(3)14)7(15)9(10,11)12/h5H,1-4H3,(H,13,14). The third kappa shape index (κ3) is 3.21. The highest BCUT2D eigenvalue weighted by Gasteiger charge is 2.52. The fraction of sp³-hybridized carbons (Fsp3) is 0.778. The molecule has 88 valence electrons. The summed E-state index contributed by atoms with van der Waals surface area (Å²) in [7, 11) is 0. The van der Waals surface area contributed by atoms with Crippen LogP contribution in [0, 0.1) is 5.92 Å². The van der Waals surface area contributed by atoms with Crippen LogP contribution in [0.4, 0.5) is 13.2 Å². The molecule has 0 spiro atoms. The number of alkyl halides is 3. The number of Topliss-reactive ketones (excluding diaryl/α,β-unsaturated/α-hetero) is 1. The van der Waals surface area contributed by atoms with Crippen molar-refractivity contribution in [2.75, 3.05) is 0 Å². The molecule has 0 radical (unpaired) electrons. The molecule has 0 rings (SSSR count). The lowest BCUT2D eigenvalue weighted by Gasteiger charge is -2.33. The number of carbonyl (C=O) groups is 2. The number of halogens is 3. The second-order valence-electron chi connectivity index (χ2n) is 3.87. The van der Waals surface area contributed by atoms with Gasteiger partial charge in [-0.3, -0.25) is 9.59 Å². The SMILES string of the molecule is CC(=O)NC(C)(C(=O)C(F)(F)F)C(C)C. The maximum atomic E-state index is 12.3. The van der Waals surface area contributed by atoms with E-state index >= 15 is 0 Å². The summed E-state index contributed by atoms with van der Waals surface area (Å²) in [5, 5.41) is 2.05. The second kappa shape index (κ2) is 4.20. The molecule has 1 amide bonds. The van der Waals surface area contributed by atoms with Crippen molar-refractivity contribution in [1.82, 2.24) is 5.32 Å². The topological polar surface area (TPSA) is 46.2 Å². The van der Waals surface area contributed by atoms with Gasteiger partial charge in [-0.05, 0) is 12.8 Å². The van der Waals surface area contributed by atoms with Crippen molar-refractivity contribution in [1.29, 1.82) is 0 Å². The van der Waals surface area contributed by atoms with Gasteiger partial charge in [-0.2, -0.15) is 13.2 Å². The van der Waals surface area contributed by atoms with E-state index in [4.69, 9.17) is 0 Å². The van der Waals surface area contributed by atoms with Crippen molar-refractivity contribution in [3.05, 3.63) is 0 Å². The van der Waals surface area contributed by atoms with Gasteiger partial charge in [0.05, 0.1) is 0 Å². The Kier molecular flexibility index (Phi) is 3.90. The third-order valence-corrected chi connectivity index (χ3v) is 2.32. The first-order valence-corrected chi connectivity index (χ1v) is 4.42. The second-order valence-corrected chi connectivity index (χ2v) is 3.87. The monoisotopic (exact) mass is 225 g/mol. The summed E-state index contributed by atoms with van der Waals surface area (Å²) in [5.41, 5.74) is -1.90. The summed E-state index contributed by atoms with van der Waals surface area (Å²) in [4.78, 5) is 21.9. The lowest BCUT2D eigenvalue weighted by atomic mass is 9.83. The Morgan fingerprint density at radius 3 is 1.80 bits per heavy atom. The lowest BCUT2D eigenvalue weighted by molar-refractivity contribution is -0.180. The van der Waals surface area contributed by atoms with Crippen LogP contribution in [-0.4, -0.2) is 23.4 Å². The Labute approximate surface area is 86.0 Å². The molecule has 1 atom stereocenters. The van der Waals surface area contributed by atoms with Crippen LogP contribution in [0.15, 0.2) is 0 Å². The average molecular weight is 225 g/mol. The zero-order chi connectivity index (χ0) is 12.4. The molecule has 1 N–H and O–H groups in total. The first-order chi connectivity index (χ1) is 6.51. The molecule has 0 heterocycles. The van der Waals surface area contributed by atoms with Gasteiger partial charge in [0.25, 0.3) is 5.78 Å². The summed E-state index contributed by atoms with van der Waals surface area (Å²) in [6, 6.07) is 0. The molecule has 0 aliphatic heterocycles. The van der Waals surface area contributed by atoms with E-state index < -0.39 is 29.3 Å². The van der Waals surface area contributed by atoms with Crippen LogP contribution in [-0.2, 0) is 9.59 Å². The van der Waals surface area contributed by atoms with E-state index in [1.165, 1.54) is 13.8 Å². The van der Waals surface area contributed by atoms with E-state index in [-0.39, 0.29) is 0 Å². The van der Waals surface area contributed by atoms with Crippen LogP contribution in [0.2, 0.25) is 0 Å². The number of ketones is 1. The van der Waals surface area contributed by atoms with Crippen LogP contribution in [0.3, 0.4) is 0 Å². The van der Waals surface area contributed by atoms with Crippen molar-refractivity contribution in [2.24, 2.45) is 5.92 Å². The predicted octanol–water partition coefficient (Wildman–Crippen LogP) is 1.67. The molecule has 0 saturated carbocycles. The third-order valence-electron chi connectivity index (χ3n) is 2.32. The van der Waals surface area contributed by atoms with Crippen LogP contribution < -0.4 is 5.32 Å². The molecule has 6 heteroatoms. The van der Waals surface area contributed by atoms with Crippen LogP contribution in [0.5, 0.6) is 0 Å². The largest absolute Gasteiger partial charge is 0.452 e. The van der Waals surface area contributed by atoms with Crippen LogP contribution >= 0.6 is 0 Å². The quantitative estimate of drug-likeness (QED) is 0.794. The van der Waals surface area contributed by atoms with Gasteiger partial charge in [0.1, 0.15) is 5.54 Å². The van der Waals surface area contributed by atoms with Gasteiger partial charge in [-0.1, -0.05) is 13.8 Å². The normalized spacial score (nSPS) is 16.0. The van der Waals surface area contributed by atoms with Crippen molar-refractivity contribution in [3.63, 3.8) is 0 Å². The van der Waals surface area contributed by atoms with E-state index in [2.05, 4.69) is 5.32 Å². The number of amides is 1. The Morgan fingerprint density at radius 1 is 1.20 bits per heavy atom. The predicted molar refractivity (Wildman–Crippen MR) is 48.1 cm³/mol. The van der Waals surface area contributed by atoms with E-state index in [9.17, 15) is 22.8 Å². The summed E-state index contributed by atoms with van der Waals surface area (Å²) in [6.45, 7) is 5.04. The highest BCUT2D eigenvalue weighted by atomic mass is 19.4. The van der Waals surface area contributed by atoms with E-state index in [0.717, 1.165) is 13.8 Å². The van der Waals surface area contributed by atoms with Crippen molar-refractivity contribution >= 4 is 11.7 Å². The van der Waals surface area contributed by atoms with Crippen molar-refractivity contribution in [3.8, 4) is 0 Å². The summed E-state index contributed by atoms with van der Waals surface area (Å²) in [6.07, 6.45) is -4.94. The number of nitrogens with one attached hydrogen (secondary N) is 1. The smallest absolute Gasteiger partial charge is 0.343 e. The molecular formula is C9H14F3NO2. The van der Waals surface area contributed by atoms with E-state index in [1.807, 2.05) is 0 Å². The van der Waals surface area contributed by atoms with Gasteiger partial charge in [0.15, 0.2) is 0 Å². The first-order valence-electron chi connectivity index (χ1n) is 4.42. The molecule has 0 bridgehead atoms. The average Bonchev–Trinajstić information content (AvgIpc) is 1.99. The maximum Gasteiger partial charge on any atom is 0.452 e. The van der Waals surface area contributed by atoms with Crippen LogP contribution in [0.25, 0.3) is 0 Å². The van der Waals surface area contributed by atoms with E-state index in [1.54, 1.807) is 0 Å². The number of carbonyl (C=O) groups excluding carboxylic acids is 2. The van der Waals surface area contributed by atoms with Gasteiger partial charge in [0, 0.05) is 6.92 Å². The molecule has 1 unspecified atom stereocenters. The fourth-order valence-electron chi connectivity index (χ4n) is 1.12. The van der Waals surface area contributed by atoms with Gasteiger partial charge >= 0.3 is 6.18 Å². The Balaban J connectivity index is 5.13. The maximum absolute atomic E-state index is 12.3. The molecule has 3 nitrogen and oxygen atoms in total. The molecule has 15 heavy (non-hydrogen) atoms. The Morgan fingerprint density at radius 2 is 1.60 bits per heavy atom. The number of hydrogen-bond acceptors (Lipinski definition) is 2. The van der Waals surface area contributed by atoms with Gasteiger partial charge in [-0.25, -0.2) is 0 Å². The van der Waals surface area contributed by atoms with Gasteiger partial charge in [0.2, 0.25) is 5.91 Å². The minimum absolute atomic E-state index is 0.643. The summed E-state index contributed by atoms with van der Waals surface area (Å²) >= 11 is 0. The molecule has 0 aromatic heterocycles. The lowest BCUT2D eigenvalue weighted by Crippen LogP contribution is -2.59. The van der Waals surface area contributed by atoms with Crippen molar-refractivity contribution < 1.29 is 22.8 Å². The zero-order valence-corrected chi connectivity index (χ0v) is 9.03.